The Hall–Kier alpha value is -1.39. The first kappa shape index (κ1) is 11.1. The van der Waals surface area contributed by atoms with Crippen LogP contribution in [-0.2, 0) is 6.42 Å². The van der Waals surface area contributed by atoms with Gasteiger partial charge in [0.25, 0.3) is 0 Å². The lowest BCUT2D eigenvalue weighted by molar-refractivity contribution is 1.14. The van der Waals surface area contributed by atoms with Crippen LogP contribution in [0.4, 0.5) is 5.13 Å². The predicted octanol–water partition coefficient (Wildman–Crippen LogP) is 2.97. The molecule has 16 heavy (non-hydrogen) atoms. The van der Waals surface area contributed by atoms with E-state index in [1.54, 1.807) is 11.3 Å². The maximum absolute atomic E-state index is 5.35. The van der Waals surface area contributed by atoms with Crippen LogP contribution in [0, 0.1) is 6.92 Å². The van der Waals surface area contributed by atoms with Crippen LogP contribution in [0.15, 0.2) is 24.3 Å². The van der Waals surface area contributed by atoms with Crippen LogP contribution >= 0.6 is 11.3 Å². The number of benzene rings is 1. The second-order valence-corrected chi connectivity index (χ2v) is 4.63. The van der Waals surface area contributed by atoms with Gasteiger partial charge in [0.15, 0.2) is 5.13 Å². The SMILES string of the molecule is CCc1ccc(-c2sc(NN)nc2C)cc1. The first-order valence-electron chi connectivity index (χ1n) is 5.28. The Balaban J connectivity index is 2.38. The summed E-state index contributed by atoms with van der Waals surface area (Å²) in [5.41, 5.74) is 6.16. The third-order valence-corrected chi connectivity index (χ3v) is 3.68. The van der Waals surface area contributed by atoms with Gasteiger partial charge in [-0.05, 0) is 24.5 Å². The molecule has 0 aliphatic heterocycles. The van der Waals surface area contributed by atoms with Crippen molar-refractivity contribution < 1.29 is 0 Å². The Bertz CT molecular complexity index is 474. The van der Waals surface area contributed by atoms with Gasteiger partial charge in [-0.15, -0.1) is 0 Å². The average molecular weight is 233 g/mol. The van der Waals surface area contributed by atoms with Crippen molar-refractivity contribution >= 4 is 16.5 Å². The van der Waals surface area contributed by atoms with E-state index in [-0.39, 0.29) is 0 Å². The molecule has 1 aromatic carbocycles. The van der Waals surface area contributed by atoms with Crippen molar-refractivity contribution in [3.05, 3.63) is 35.5 Å². The first-order chi connectivity index (χ1) is 7.74. The van der Waals surface area contributed by atoms with Crippen LogP contribution in [-0.4, -0.2) is 4.98 Å². The second kappa shape index (κ2) is 4.63. The lowest BCUT2D eigenvalue weighted by Gasteiger charge is -2.00. The van der Waals surface area contributed by atoms with Crippen LogP contribution in [0.3, 0.4) is 0 Å². The maximum atomic E-state index is 5.35. The normalized spacial score (nSPS) is 10.4. The number of nitrogen functional groups attached to an aromatic ring is 1. The minimum Gasteiger partial charge on any atom is -0.300 e. The molecule has 0 bridgehead atoms. The zero-order chi connectivity index (χ0) is 11.5. The molecule has 0 atom stereocenters. The van der Waals surface area contributed by atoms with Crippen LogP contribution in [0.5, 0.6) is 0 Å². The monoisotopic (exact) mass is 233 g/mol. The quantitative estimate of drug-likeness (QED) is 0.633. The highest BCUT2D eigenvalue weighted by atomic mass is 32.1. The van der Waals surface area contributed by atoms with Gasteiger partial charge in [-0.1, -0.05) is 42.5 Å². The summed E-state index contributed by atoms with van der Waals surface area (Å²) in [6, 6.07) is 8.59. The largest absolute Gasteiger partial charge is 0.300 e. The summed E-state index contributed by atoms with van der Waals surface area (Å²) in [4.78, 5) is 5.51. The molecule has 1 aromatic heterocycles. The number of nitrogens with one attached hydrogen (secondary N) is 1. The molecule has 84 valence electrons. The highest BCUT2D eigenvalue weighted by Crippen LogP contribution is 2.32. The van der Waals surface area contributed by atoms with Gasteiger partial charge >= 0.3 is 0 Å². The number of hydrogen-bond acceptors (Lipinski definition) is 4. The van der Waals surface area contributed by atoms with E-state index in [0.717, 1.165) is 17.2 Å². The minimum atomic E-state index is 0.757. The average Bonchev–Trinajstić information content (AvgIpc) is 2.71. The predicted molar refractivity (Wildman–Crippen MR) is 69.5 cm³/mol. The van der Waals surface area contributed by atoms with Crippen LogP contribution in [0.1, 0.15) is 18.2 Å². The number of rotatable bonds is 3. The number of aryl methyl sites for hydroxylation is 2. The third-order valence-electron chi connectivity index (χ3n) is 2.54. The summed E-state index contributed by atoms with van der Waals surface area (Å²) >= 11 is 1.58. The summed E-state index contributed by atoms with van der Waals surface area (Å²) in [5, 5.41) is 0.757. The molecule has 0 saturated heterocycles. The molecule has 0 saturated carbocycles. The van der Waals surface area contributed by atoms with Crippen molar-refractivity contribution in [1.29, 1.82) is 0 Å². The van der Waals surface area contributed by atoms with Gasteiger partial charge < -0.3 is 0 Å². The summed E-state index contributed by atoms with van der Waals surface area (Å²) in [6.07, 6.45) is 1.07. The highest BCUT2D eigenvalue weighted by molar-refractivity contribution is 7.19. The Morgan fingerprint density at radius 3 is 2.50 bits per heavy atom. The van der Waals surface area contributed by atoms with Crippen LogP contribution in [0.2, 0.25) is 0 Å². The zero-order valence-corrected chi connectivity index (χ0v) is 10.3. The molecule has 2 rings (SSSR count). The van der Waals surface area contributed by atoms with E-state index in [9.17, 15) is 0 Å². The summed E-state index contributed by atoms with van der Waals surface area (Å²) in [7, 11) is 0. The van der Waals surface area contributed by atoms with Crippen molar-refractivity contribution in [1.82, 2.24) is 4.98 Å². The number of anilines is 1. The molecule has 2 aromatic rings. The standard InChI is InChI=1S/C12H15N3S/c1-3-9-4-6-10(7-5-9)11-8(2)14-12(15-13)16-11/h4-7H,3,13H2,1-2H3,(H,14,15). The number of nitrogens with two attached hydrogens (primary N) is 1. The van der Waals surface area contributed by atoms with E-state index in [1.165, 1.54) is 16.0 Å². The van der Waals surface area contributed by atoms with E-state index in [1.807, 2.05) is 6.92 Å². The van der Waals surface area contributed by atoms with Crippen LogP contribution < -0.4 is 11.3 Å². The van der Waals surface area contributed by atoms with Gasteiger partial charge in [-0.3, -0.25) is 5.43 Å². The van der Waals surface area contributed by atoms with E-state index in [2.05, 4.69) is 41.6 Å². The van der Waals surface area contributed by atoms with E-state index < -0.39 is 0 Å². The van der Waals surface area contributed by atoms with Crippen molar-refractivity contribution in [2.75, 3.05) is 5.43 Å². The number of hydrogen-bond donors (Lipinski definition) is 2. The Morgan fingerprint density at radius 2 is 2.00 bits per heavy atom. The molecule has 4 heteroatoms. The van der Waals surface area contributed by atoms with E-state index >= 15 is 0 Å². The fourth-order valence-corrected chi connectivity index (χ4v) is 2.50. The van der Waals surface area contributed by atoms with Gasteiger partial charge in [0.2, 0.25) is 0 Å². The molecule has 0 fully saturated rings. The fraction of sp³-hybridized carbons (Fsp3) is 0.250. The van der Waals surface area contributed by atoms with Crippen molar-refractivity contribution in [3.8, 4) is 10.4 Å². The highest BCUT2D eigenvalue weighted by Gasteiger charge is 2.08. The Kier molecular flexibility index (Phi) is 3.22. The van der Waals surface area contributed by atoms with Gasteiger partial charge in [0.05, 0.1) is 10.6 Å². The van der Waals surface area contributed by atoms with Crippen molar-refractivity contribution in [2.45, 2.75) is 20.3 Å². The van der Waals surface area contributed by atoms with Gasteiger partial charge in [-0.2, -0.15) is 0 Å². The molecule has 0 aliphatic carbocycles. The first-order valence-corrected chi connectivity index (χ1v) is 6.09. The summed E-state index contributed by atoms with van der Waals surface area (Å²) in [6.45, 7) is 4.16. The topological polar surface area (TPSA) is 50.9 Å². The van der Waals surface area contributed by atoms with E-state index in [4.69, 9.17) is 5.84 Å². The third kappa shape index (κ3) is 2.08. The summed E-state index contributed by atoms with van der Waals surface area (Å²) < 4.78 is 0. The molecule has 0 aliphatic rings. The number of nitrogens with zero attached hydrogens (tertiary/aromatic N) is 1. The Morgan fingerprint density at radius 1 is 1.31 bits per heavy atom. The van der Waals surface area contributed by atoms with Crippen LogP contribution in [0.25, 0.3) is 10.4 Å². The van der Waals surface area contributed by atoms with Crippen molar-refractivity contribution in [2.24, 2.45) is 5.84 Å². The van der Waals surface area contributed by atoms with Gasteiger partial charge in [0, 0.05) is 0 Å². The molecule has 1 heterocycles. The molecule has 0 unspecified atom stereocenters. The molecule has 0 amide bonds. The minimum absolute atomic E-state index is 0.757. The lowest BCUT2D eigenvalue weighted by atomic mass is 10.1. The molecular formula is C12H15N3S. The van der Waals surface area contributed by atoms with Crippen molar-refractivity contribution in [3.63, 3.8) is 0 Å². The van der Waals surface area contributed by atoms with Gasteiger partial charge in [-0.25, -0.2) is 10.8 Å². The number of thiazole rings is 1. The molecular weight excluding hydrogens is 218 g/mol. The molecule has 0 spiro atoms. The van der Waals surface area contributed by atoms with Gasteiger partial charge in [0.1, 0.15) is 0 Å². The lowest BCUT2D eigenvalue weighted by Crippen LogP contribution is -2.05. The summed E-state index contributed by atoms with van der Waals surface area (Å²) in [5.74, 6) is 5.35. The Labute approximate surface area is 99.3 Å². The fourth-order valence-electron chi connectivity index (χ4n) is 1.62. The molecule has 3 N–H and O–H groups in total. The number of hydrazine groups is 1. The maximum Gasteiger partial charge on any atom is 0.197 e. The number of aromatic nitrogens is 1. The molecule has 0 radical (unpaired) electrons. The molecule has 3 nitrogen and oxygen atoms in total. The second-order valence-electron chi connectivity index (χ2n) is 3.63. The smallest absolute Gasteiger partial charge is 0.197 e. The van der Waals surface area contributed by atoms with E-state index in [0.29, 0.717) is 0 Å². The zero-order valence-electron chi connectivity index (χ0n) is 9.45.